The van der Waals surface area contributed by atoms with Gasteiger partial charge in [-0.05, 0) is 36.4 Å². The number of amides is 1. The number of benzene rings is 1. The molecule has 0 spiro atoms. The average molecular weight is 264 g/mol. The fraction of sp³-hybridized carbons (Fsp3) is 0.357. The van der Waals surface area contributed by atoms with Gasteiger partial charge in [0.15, 0.2) is 0 Å². The zero-order valence-electron chi connectivity index (χ0n) is 10.8. The minimum atomic E-state index is -0.0592. The van der Waals surface area contributed by atoms with Gasteiger partial charge in [-0.2, -0.15) is 11.8 Å². The quantitative estimate of drug-likeness (QED) is 0.613. The fourth-order valence-electron chi connectivity index (χ4n) is 1.41. The maximum Gasteiger partial charge on any atom is 0.244 e. The van der Waals surface area contributed by atoms with Crippen molar-refractivity contribution in [3.8, 4) is 0 Å². The second-order valence-corrected chi connectivity index (χ2v) is 5.39. The molecular formula is C14H20N2OS. The van der Waals surface area contributed by atoms with E-state index < -0.39 is 0 Å². The Hall–Kier alpha value is -1.42. The van der Waals surface area contributed by atoms with E-state index in [1.165, 1.54) is 0 Å². The predicted octanol–water partition coefficient (Wildman–Crippen LogP) is 2.54. The molecule has 18 heavy (non-hydrogen) atoms. The second kappa shape index (κ2) is 7.82. The smallest absolute Gasteiger partial charge is 0.244 e. The molecule has 0 aliphatic heterocycles. The molecule has 1 aromatic carbocycles. The van der Waals surface area contributed by atoms with Crippen LogP contribution < -0.4 is 11.1 Å². The van der Waals surface area contributed by atoms with Gasteiger partial charge in [0.05, 0.1) is 0 Å². The lowest BCUT2D eigenvalue weighted by Gasteiger charge is -2.10. The number of anilines is 1. The van der Waals surface area contributed by atoms with Crippen LogP contribution in [0.5, 0.6) is 0 Å². The van der Waals surface area contributed by atoms with E-state index >= 15 is 0 Å². The van der Waals surface area contributed by atoms with Crippen molar-refractivity contribution in [1.29, 1.82) is 0 Å². The summed E-state index contributed by atoms with van der Waals surface area (Å²) in [6.45, 7) is 4.12. The van der Waals surface area contributed by atoms with Gasteiger partial charge in [0, 0.05) is 23.6 Å². The second-order valence-electron chi connectivity index (χ2n) is 4.07. The third-order valence-corrected chi connectivity index (χ3v) is 3.47. The van der Waals surface area contributed by atoms with Gasteiger partial charge in [-0.1, -0.05) is 19.1 Å². The minimum absolute atomic E-state index is 0.0592. The Morgan fingerprint density at radius 3 is 2.72 bits per heavy atom. The molecule has 0 aliphatic carbocycles. The van der Waals surface area contributed by atoms with Crippen LogP contribution in [0.2, 0.25) is 0 Å². The van der Waals surface area contributed by atoms with Gasteiger partial charge in [0.1, 0.15) is 0 Å². The molecule has 0 radical (unpaired) electrons. The van der Waals surface area contributed by atoms with Crippen molar-refractivity contribution in [3.05, 3.63) is 35.9 Å². The highest BCUT2D eigenvalue weighted by atomic mass is 32.2. The van der Waals surface area contributed by atoms with Crippen molar-refractivity contribution in [2.45, 2.75) is 19.9 Å². The largest absolute Gasteiger partial charge is 0.399 e. The van der Waals surface area contributed by atoms with Crippen molar-refractivity contribution in [3.63, 3.8) is 0 Å². The normalized spacial score (nSPS) is 12.6. The highest BCUT2D eigenvalue weighted by molar-refractivity contribution is 7.99. The number of hydrogen-bond acceptors (Lipinski definition) is 3. The minimum Gasteiger partial charge on any atom is -0.399 e. The molecule has 0 bridgehead atoms. The van der Waals surface area contributed by atoms with Crippen LogP contribution in [0.4, 0.5) is 5.69 Å². The first kappa shape index (κ1) is 14.6. The highest BCUT2D eigenvalue weighted by Crippen LogP contribution is 2.07. The topological polar surface area (TPSA) is 55.1 Å². The van der Waals surface area contributed by atoms with Gasteiger partial charge in [-0.15, -0.1) is 0 Å². The van der Waals surface area contributed by atoms with Crippen molar-refractivity contribution in [2.24, 2.45) is 0 Å². The van der Waals surface area contributed by atoms with Gasteiger partial charge in [-0.3, -0.25) is 4.79 Å². The van der Waals surface area contributed by atoms with E-state index in [1.54, 1.807) is 12.2 Å². The van der Waals surface area contributed by atoms with E-state index in [0.717, 1.165) is 22.8 Å². The predicted molar refractivity (Wildman–Crippen MR) is 80.5 cm³/mol. The number of hydrogen-bond donors (Lipinski definition) is 2. The lowest BCUT2D eigenvalue weighted by molar-refractivity contribution is -0.116. The van der Waals surface area contributed by atoms with Crippen LogP contribution in [0.1, 0.15) is 19.4 Å². The first-order valence-electron chi connectivity index (χ1n) is 6.03. The van der Waals surface area contributed by atoms with Crippen molar-refractivity contribution in [1.82, 2.24) is 5.32 Å². The standard InChI is InChI=1S/C14H20N2OS/c1-3-18-10-11(2)16-14(17)9-6-12-4-7-13(15)8-5-12/h4-9,11H,3,10,15H2,1-2H3,(H,16,17)/b9-6+. The Labute approximate surface area is 113 Å². The van der Waals surface area contributed by atoms with E-state index in [0.29, 0.717) is 0 Å². The molecule has 1 rings (SSSR count). The summed E-state index contributed by atoms with van der Waals surface area (Å²) in [5, 5.41) is 2.93. The maximum atomic E-state index is 11.6. The number of nitrogen functional groups attached to an aromatic ring is 1. The van der Waals surface area contributed by atoms with Crippen LogP contribution in [-0.4, -0.2) is 23.5 Å². The first-order chi connectivity index (χ1) is 8.61. The number of carbonyl (C=O) groups excluding carboxylic acids is 1. The molecule has 0 aromatic heterocycles. The van der Waals surface area contributed by atoms with Crippen molar-refractivity contribution >= 4 is 29.4 Å². The van der Waals surface area contributed by atoms with E-state index in [1.807, 2.05) is 43.0 Å². The molecule has 1 atom stereocenters. The SMILES string of the molecule is CCSCC(C)NC(=O)/C=C/c1ccc(N)cc1. The van der Waals surface area contributed by atoms with Crippen LogP contribution in [0.15, 0.2) is 30.3 Å². The molecule has 1 amide bonds. The van der Waals surface area contributed by atoms with Gasteiger partial charge in [-0.25, -0.2) is 0 Å². The van der Waals surface area contributed by atoms with E-state index in [9.17, 15) is 4.79 Å². The Morgan fingerprint density at radius 1 is 1.44 bits per heavy atom. The number of nitrogens with two attached hydrogens (primary N) is 1. The van der Waals surface area contributed by atoms with Crippen molar-refractivity contribution in [2.75, 3.05) is 17.2 Å². The number of carbonyl (C=O) groups is 1. The monoisotopic (exact) mass is 264 g/mol. The Bertz CT molecular complexity index is 401. The Kier molecular flexibility index (Phi) is 6.36. The number of nitrogens with one attached hydrogen (secondary N) is 1. The third-order valence-electron chi connectivity index (χ3n) is 2.32. The molecule has 0 heterocycles. The summed E-state index contributed by atoms with van der Waals surface area (Å²) < 4.78 is 0. The molecule has 1 unspecified atom stereocenters. The summed E-state index contributed by atoms with van der Waals surface area (Å²) in [4.78, 5) is 11.6. The number of thioether (sulfide) groups is 1. The molecule has 4 heteroatoms. The molecule has 0 saturated heterocycles. The average Bonchev–Trinajstić information content (AvgIpc) is 2.35. The first-order valence-corrected chi connectivity index (χ1v) is 7.19. The summed E-state index contributed by atoms with van der Waals surface area (Å²) in [6.07, 6.45) is 3.34. The third kappa shape index (κ3) is 5.77. The highest BCUT2D eigenvalue weighted by Gasteiger charge is 2.03. The maximum absolute atomic E-state index is 11.6. The van der Waals surface area contributed by atoms with E-state index in [-0.39, 0.29) is 11.9 Å². The zero-order valence-corrected chi connectivity index (χ0v) is 11.7. The van der Waals surface area contributed by atoms with Gasteiger partial charge in [0.2, 0.25) is 5.91 Å². The molecule has 3 N–H and O–H groups in total. The zero-order chi connectivity index (χ0) is 13.4. The molecule has 0 aliphatic rings. The molecule has 0 fully saturated rings. The summed E-state index contributed by atoms with van der Waals surface area (Å²) in [5.74, 6) is 1.95. The van der Waals surface area contributed by atoms with E-state index in [4.69, 9.17) is 5.73 Å². The summed E-state index contributed by atoms with van der Waals surface area (Å²) in [6, 6.07) is 7.60. The summed E-state index contributed by atoms with van der Waals surface area (Å²) >= 11 is 1.82. The van der Waals surface area contributed by atoms with Gasteiger partial charge < -0.3 is 11.1 Å². The van der Waals surface area contributed by atoms with Gasteiger partial charge >= 0.3 is 0 Å². The van der Waals surface area contributed by atoms with Crippen LogP contribution in [-0.2, 0) is 4.79 Å². The van der Waals surface area contributed by atoms with Crippen LogP contribution in [0.25, 0.3) is 6.08 Å². The van der Waals surface area contributed by atoms with Gasteiger partial charge in [0.25, 0.3) is 0 Å². The number of rotatable bonds is 6. The summed E-state index contributed by atoms with van der Waals surface area (Å²) in [5.41, 5.74) is 7.28. The van der Waals surface area contributed by atoms with Crippen molar-refractivity contribution < 1.29 is 4.79 Å². The molecular weight excluding hydrogens is 244 g/mol. The molecule has 0 saturated carbocycles. The lowest BCUT2D eigenvalue weighted by Crippen LogP contribution is -2.32. The molecule has 1 aromatic rings. The summed E-state index contributed by atoms with van der Waals surface area (Å²) in [7, 11) is 0. The van der Waals surface area contributed by atoms with Crippen LogP contribution in [0, 0.1) is 0 Å². The molecule has 98 valence electrons. The van der Waals surface area contributed by atoms with Crippen LogP contribution >= 0.6 is 11.8 Å². The van der Waals surface area contributed by atoms with Crippen LogP contribution in [0.3, 0.4) is 0 Å². The Balaban J connectivity index is 2.41. The fourth-order valence-corrected chi connectivity index (χ4v) is 2.08. The lowest BCUT2D eigenvalue weighted by atomic mass is 10.2. The molecule has 3 nitrogen and oxygen atoms in total. The van der Waals surface area contributed by atoms with E-state index in [2.05, 4.69) is 12.2 Å². The Morgan fingerprint density at radius 2 is 2.11 bits per heavy atom.